The molecule has 5 heteroatoms. The molecule has 1 aliphatic carbocycles. The van der Waals surface area contributed by atoms with E-state index in [0.29, 0.717) is 17.6 Å². The first-order valence-electron chi connectivity index (χ1n) is 11.2. The molecule has 0 amide bonds. The molecule has 0 saturated heterocycles. The van der Waals surface area contributed by atoms with E-state index < -0.39 is 11.9 Å². The molecule has 0 saturated carbocycles. The molecular weight excluding hydrogens is 400 g/mol. The lowest BCUT2D eigenvalue weighted by molar-refractivity contribution is -0.136. The van der Waals surface area contributed by atoms with Gasteiger partial charge in [-0.3, -0.25) is 4.79 Å². The lowest BCUT2D eigenvalue weighted by Crippen LogP contribution is -2.34. The van der Waals surface area contributed by atoms with Crippen LogP contribution in [0.4, 0.5) is 5.69 Å². The van der Waals surface area contributed by atoms with E-state index >= 15 is 0 Å². The summed E-state index contributed by atoms with van der Waals surface area (Å²) in [5, 5.41) is 3.31. The minimum Gasteiger partial charge on any atom is -0.466 e. The number of rotatable bonds is 6. The van der Waals surface area contributed by atoms with Crippen LogP contribution in [0.25, 0.3) is 0 Å². The number of allylic oxidation sites excluding steroid dienone is 3. The molecule has 0 fully saturated rings. The highest BCUT2D eigenvalue weighted by Gasteiger charge is 2.38. The molecular formula is C27H30N2O3. The number of esters is 1. The Morgan fingerprint density at radius 3 is 2.47 bits per heavy atom. The zero-order valence-electron chi connectivity index (χ0n) is 19.0. The Labute approximate surface area is 189 Å². The van der Waals surface area contributed by atoms with E-state index in [1.165, 1.54) is 12.7 Å². The lowest BCUT2D eigenvalue weighted by Gasteiger charge is -2.34. The molecule has 166 valence electrons. The monoisotopic (exact) mass is 430 g/mol. The number of carbonyl (C=O) groups is 2. The van der Waals surface area contributed by atoms with E-state index in [0.717, 1.165) is 48.6 Å². The van der Waals surface area contributed by atoms with Gasteiger partial charge in [-0.05, 0) is 49.9 Å². The van der Waals surface area contributed by atoms with Crippen LogP contribution < -0.4 is 10.2 Å². The van der Waals surface area contributed by atoms with E-state index in [-0.39, 0.29) is 5.78 Å². The van der Waals surface area contributed by atoms with Crippen LogP contribution in [0.2, 0.25) is 0 Å². The number of hydrogen-bond acceptors (Lipinski definition) is 5. The van der Waals surface area contributed by atoms with Crippen LogP contribution in [0.1, 0.15) is 50.2 Å². The molecule has 1 aliphatic heterocycles. The van der Waals surface area contributed by atoms with Crippen molar-refractivity contribution in [3.8, 4) is 0 Å². The molecule has 2 aromatic rings. The SMILES string of the molecule is CCN(Cc1ccccc1)c1ccc(C2C(C(=O)OC)=C(C)NC3=C2C(=O)CCC3)cc1. The van der Waals surface area contributed by atoms with Gasteiger partial charge >= 0.3 is 5.97 Å². The van der Waals surface area contributed by atoms with Crippen LogP contribution in [0.15, 0.2) is 77.1 Å². The fraction of sp³-hybridized carbons (Fsp3) is 0.333. The number of Topliss-reactive ketones (excluding diaryl/α,β-unsaturated/α-hetero) is 1. The Morgan fingerprint density at radius 2 is 1.81 bits per heavy atom. The molecule has 0 bridgehead atoms. The topological polar surface area (TPSA) is 58.6 Å². The van der Waals surface area contributed by atoms with E-state index in [2.05, 4.69) is 53.5 Å². The Balaban J connectivity index is 1.69. The molecule has 2 aliphatic rings. The van der Waals surface area contributed by atoms with Crippen molar-refractivity contribution in [2.75, 3.05) is 18.6 Å². The quantitative estimate of drug-likeness (QED) is 0.664. The second kappa shape index (κ2) is 9.43. The lowest BCUT2D eigenvalue weighted by atomic mass is 9.75. The highest BCUT2D eigenvalue weighted by Crippen LogP contribution is 2.42. The molecule has 32 heavy (non-hydrogen) atoms. The maximum Gasteiger partial charge on any atom is 0.336 e. The first kappa shape index (κ1) is 21.9. The largest absolute Gasteiger partial charge is 0.466 e. The fourth-order valence-corrected chi connectivity index (χ4v) is 4.76. The standard InChI is InChI=1S/C27H30N2O3/c1-4-29(17-19-9-6-5-7-10-19)21-15-13-20(14-16-21)25-24(27(31)32-3)18(2)28-22-11-8-12-23(30)26(22)25/h5-7,9-10,13-16,25,28H,4,8,11-12,17H2,1-3H3. The van der Waals surface area contributed by atoms with Gasteiger partial charge < -0.3 is 15.0 Å². The minimum absolute atomic E-state index is 0.112. The third kappa shape index (κ3) is 4.20. The zero-order chi connectivity index (χ0) is 22.7. The summed E-state index contributed by atoms with van der Waals surface area (Å²) in [5.41, 5.74) is 6.24. The summed E-state index contributed by atoms with van der Waals surface area (Å²) in [4.78, 5) is 27.9. The maximum absolute atomic E-state index is 12.9. The van der Waals surface area contributed by atoms with Gasteiger partial charge in [-0.2, -0.15) is 0 Å². The molecule has 0 radical (unpaired) electrons. The van der Waals surface area contributed by atoms with Crippen LogP contribution in [0.3, 0.4) is 0 Å². The van der Waals surface area contributed by atoms with Gasteiger partial charge in [0, 0.05) is 48.1 Å². The van der Waals surface area contributed by atoms with Crippen LogP contribution in [-0.4, -0.2) is 25.4 Å². The van der Waals surface area contributed by atoms with Crippen LogP contribution >= 0.6 is 0 Å². The summed E-state index contributed by atoms with van der Waals surface area (Å²) in [6.07, 6.45) is 2.17. The number of dihydropyridines is 1. The average Bonchev–Trinajstić information content (AvgIpc) is 2.82. The Bertz CT molecular complexity index is 1070. The first-order valence-corrected chi connectivity index (χ1v) is 11.2. The van der Waals surface area contributed by atoms with Gasteiger partial charge in [0.15, 0.2) is 5.78 Å². The molecule has 0 aromatic heterocycles. The Morgan fingerprint density at radius 1 is 1.09 bits per heavy atom. The summed E-state index contributed by atoms with van der Waals surface area (Å²) < 4.78 is 5.09. The van der Waals surface area contributed by atoms with Crippen LogP contribution in [0.5, 0.6) is 0 Å². The van der Waals surface area contributed by atoms with Crippen molar-refractivity contribution in [1.29, 1.82) is 0 Å². The van der Waals surface area contributed by atoms with Crippen molar-refractivity contribution in [2.24, 2.45) is 0 Å². The summed E-state index contributed by atoms with van der Waals surface area (Å²) in [6, 6.07) is 18.7. The number of nitrogens with zero attached hydrogens (tertiary/aromatic N) is 1. The van der Waals surface area contributed by atoms with Crippen molar-refractivity contribution >= 4 is 17.4 Å². The first-order chi connectivity index (χ1) is 15.5. The number of ether oxygens (including phenoxy) is 1. The van der Waals surface area contributed by atoms with Gasteiger partial charge in [-0.25, -0.2) is 4.79 Å². The van der Waals surface area contributed by atoms with Crippen molar-refractivity contribution in [3.63, 3.8) is 0 Å². The predicted octanol–water partition coefficient (Wildman–Crippen LogP) is 4.85. The molecule has 1 heterocycles. The van der Waals surface area contributed by atoms with E-state index in [9.17, 15) is 9.59 Å². The van der Waals surface area contributed by atoms with E-state index in [1.54, 1.807) is 0 Å². The molecule has 0 spiro atoms. The number of hydrogen-bond donors (Lipinski definition) is 1. The van der Waals surface area contributed by atoms with Crippen molar-refractivity contribution in [2.45, 2.75) is 45.6 Å². The van der Waals surface area contributed by atoms with Gasteiger partial charge in [0.2, 0.25) is 0 Å². The van der Waals surface area contributed by atoms with Crippen LogP contribution in [0, 0.1) is 0 Å². The number of nitrogens with one attached hydrogen (secondary N) is 1. The second-order valence-electron chi connectivity index (χ2n) is 8.35. The van der Waals surface area contributed by atoms with Gasteiger partial charge in [0.1, 0.15) is 0 Å². The summed E-state index contributed by atoms with van der Waals surface area (Å²) in [5.74, 6) is -0.681. The summed E-state index contributed by atoms with van der Waals surface area (Å²) >= 11 is 0. The number of anilines is 1. The zero-order valence-corrected chi connectivity index (χ0v) is 19.0. The molecule has 2 aromatic carbocycles. The minimum atomic E-state index is -0.398. The predicted molar refractivity (Wildman–Crippen MR) is 126 cm³/mol. The number of ketones is 1. The van der Waals surface area contributed by atoms with Gasteiger partial charge in [-0.15, -0.1) is 0 Å². The number of benzene rings is 2. The molecule has 5 nitrogen and oxygen atoms in total. The molecule has 4 rings (SSSR count). The van der Waals surface area contributed by atoms with Crippen molar-refractivity contribution < 1.29 is 14.3 Å². The summed E-state index contributed by atoms with van der Waals surface area (Å²) in [7, 11) is 1.39. The second-order valence-corrected chi connectivity index (χ2v) is 8.35. The van der Waals surface area contributed by atoms with Crippen molar-refractivity contribution in [1.82, 2.24) is 5.32 Å². The van der Waals surface area contributed by atoms with Gasteiger partial charge in [0.05, 0.1) is 12.7 Å². The third-order valence-electron chi connectivity index (χ3n) is 6.37. The van der Waals surface area contributed by atoms with Gasteiger partial charge in [-0.1, -0.05) is 42.5 Å². The Kier molecular flexibility index (Phi) is 6.45. The van der Waals surface area contributed by atoms with Crippen molar-refractivity contribution in [3.05, 3.63) is 88.3 Å². The summed E-state index contributed by atoms with van der Waals surface area (Å²) in [6.45, 7) is 5.73. The molecule has 1 atom stereocenters. The van der Waals surface area contributed by atoms with E-state index in [1.807, 2.05) is 25.1 Å². The van der Waals surface area contributed by atoms with Gasteiger partial charge in [0.25, 0.3) is 0 Å². The normalized spacial score (nSPS) is 18.2. The smallest absolute Gasteiger partial charge is 0.336 e. The Hall–Kier alpha value is -3.34. The average molecular weight is 431 g/mol. The molecule has 1 N–H and O–H groups in total. The number of carbonyl (C=O) groups excluding carboxylic acids is 2. The highest BCUT2D eigenvalue weighted by molar-refractivity contribution is 6.03. The van der Waals surface area contributed by atoms with E-state index in [4.69, 9.17) is 4.74 Å². The fourth-order valence-electron chi connectivity index (χ4n) is 4.76. The highest BCUT2D eigenvalue weighted by atomic mass is 16.5. The third-order valence-corrected chi connectivity index (χ3v) is 6.37. The number of methoxy groups -OCH3 is 1. The van der Waals surface area contributed by atoms with Crippen LogP contribution in [-0.2, 0) is 20.9 Å². The maximum atomic E-state index is 12.9. The molecule has 1 unspecified atom stereocenters.